The molecule has 0 aliphatic rings. The molecule has 160 valence electrons. The van der Waals surface area contributed by atoms with Gasteiger partial charge in [-0.1, -0.05) is 6.92 Å². The lowest BCUT2D eigenvalue weighted by molar-refractivity contribution is -0.146. The first-order valence-electron chi connectivity index (χ1n) is 9.62. The lowest BCUT2D eigenvalue weighted by Gasteiger charge is -2.19. The molecule has 0 aliphatic heterocycles. The largest absolute Gasteiger partial charge is 0.454 e. The topological polar surface area (TPSA) is 111 Å². The minimum atomic E-state index is -0.968. The molecular formula is C21H30N2O6. The summed E-state index contributed by atoms with van der Waals surface area (Å²) in [6, 6.07) is 6.39. The Morgan fingerprint density at radius 3 is 2.21 bits per heavy atom. The van der Waals surface area contributed by atoms with Crippen molar-refractivity contribution in [3.63, 3.8) is 0 Å². The molecule has 1 atom stereocenters. The molecular weight excluding hydrogens is 376 g/mol. The number of alkyl carbamates (subject to hydrolysis) is 1. The van der Waals surface area contributed by atoms with Crippen molar-refractivity contribution in [3.05, 3.63) is 29.8 Å². The van der Waals surface area contributed by atoms with Crippen molar-refractivity contribution < 1.29 is 28.7 Å². The van der Waals surface area contributed by atoms with Crippen LogP contribution in [0.4, 0.5) is 10.5 Å². The lowest BCUT2D eigenvalue weighted by Crippen LogP contribution is -2.34. The van der Waals surface area contributed by atoms with E-state index in [2.05, 4.69) is 10.6 Å². The van der Waals surface area contributed by atoms with E-state index in [1.165, 1.54) is 6.92 Å². The summed E-state index contributed by atoms with van der Waals surface area (Å²) in [6.45, 7) is 8.65. The van der Waals surface area contributed by atoms with E-state index in [-0.39, 0.29) is 24.7 Å². The van der Waals surface area contributed by atoms with E-state index in [0.29, 0.717) is 17.7 Å². The van der Waals surface area contributed by atoms with Gasteiger partial charge < -0.3 is 20.1 Å². The predicted molar refractivity (Wildman–Crippen MR) is 109 cm³/mol. The molecule has 0 saturated heterocycles. The molecule has 0 spiro atoms. The van der Waals surface area contributed by atoms with Gasteiger partial charge in [-0.3, -0.25) is 14.4 Å². The average Bonchev–Trinajstić information content (AvgIpc) is 2.60. The van der Waals surface area contributed by atoms with Gasteiger partial charge in [-0.05, 0) is 58.4 Å². The molecule has 0 fully saturated rings. The van der Waals surface area contributed by atoms with Crippen LogP contribution in [-0.2, 0) is 19.1 Å². The van der Waals surface area contributed by atoms with Crippen LogP contribution in [0.1, 0.15) is 64.2 Å². The van der Waals surface area contributed by atoms with Crippen LogP contribution in [0, 0.1) is 0 Å². The number of rotatable bonds is 9. The van der Waals surface area contributed by atoms with Gasteiger partial charge in [-0.25, -0.2) is 4.79 Å². The van der Waals surface area contributed by atoms with Gasteiger partial charge in [0.25, 0.3) is 0 Å². The van der Waals surface area contributed by atoms with Gasteiger partial charge in [0, 0.05) is 24.2 Å². The number of carbonyl (C=O) groups excluding carboxylic acids is 4. The van der Waals surface area contributed by atoms with Gasteiger partial charge in [0.15, 0.2) is 6.10 Å². The molecule has 0 aliphatic carbocycles. The third kappa shape index (κ3) is 9.73. The van der Waals surface area contributed by atoms with Crippen LogP contribution in [-0.4, -0.2) is 42.0 Å². The van der Waals surface area contributed by atoms with E-state index in [0.717, 1.165) is 6.42 Å². The van der Waals surface area contributed by atoms with E-state index in [1.807, 2.05) is 6.92 Å². The Kier molecular flexibility index (Phi) is 9.31. The Hall–Kier alpha value is -2.90. The molecule has 0 unspecified atom stereocenters. The van der Waals surface area contributed by atoms with Gasteiger partial charge in [0.1, 0.15) is 5.60 Å². The third-order valence-electron chi connectivity index (χ3n) is 3.61. The minimum Gasteiger partial charge on any atom is -0.454 e. The Bertz CT molecular complexity index is 722. The summed E-state index contributed by atoms with van der Waals surface area (Å²) in [7, 11) is 0. The fourth-order valence-electron chi connectivity index (χ4n) is 2.29. The highest BCUT2D eigenvalue weighted by atomic mass is 16.6. The molecule has 0 heterocycles. The fourth-order valence-corrected chi connectivity index (χ4v) is 2.29. The summed E-state index contributed by atoms with van der Waals surface area (Å²) in [5.74, 6) is -1.05. The SMILES string of the molecule is CCCC(=O)Nc1ccc(C(=O)[C@H](C)OC(=O)CCNC(=O)OC(C)(C)C)cc1. The lowest BCUT2D eigenvalue weighted by atomic mass is 10.1. The minimum absolute atomic E-state index is 0.0425. The molecule has 1 aromatic carbocycles. The smallest absolute Gasteiger partial charge is 0.407 e. The molecule has 8 nitrogen and oxygen atoms in total. The first kappa shape index (κ1) is 24.1. The van der Waals surface area contributed by atoms with E-state index in [1.54, 1.807) is 45.0 Å². The van der Waals surface area contributed by atoms with E-state index in [9.17, 15) is 19.2 Å². The summed E-state index contributed by atoms with van der Waals surface area (Å²) in [5, 5.41) is 5.19. The first-order valence-corrected chi connectivity index (χ1v) is 9.62. The van der Waals surface area contributed by atoms with Crippen molar-refractivity contribution in [1.82, 2.24) is 5.32 Å². The van der Waals surface area contributed by atoms with Gasteiger partial charge >= 0.3 is 12.1 Å². The molecule has 0 radical (unpaired) electrons. The van der Waals surface area contributed by atoms with Crippen molar-refractivity contribution in [2.24, 2.45) is 0 Å². The summed E-state index contributed by atoms with van der Waals surface area (Å²) in [4.78, 5) is 47.4. The summed E-state index contributed by atoms with van der Waals surface area (Å²) >= 11 is 0. The number of anilines is 1. The maximum absolute atomic E-state index is 12.4. The molecule has 29 heavy (non-hydrogen) atoms. The van der Waals surface area contributed by atoms with E-state index in [4.69, 9.17) is 9.47 Å². The molecule has 1 rings (SSSR count). The third-order valence-corrected chi connectivity index (χ3v) is 3.61. The van der Waals surface area contributed by atoms with Crippen LogP contribution in [0.2, 0.25) is 0 Å². The molecule has 2 amide bonds. The summed E-state index contributed by atoms with van der Waals surface area (Å²) in [6.07, 6.45) is -0.501. The van der Waals surface area contributed by atoms with Crippen LogP contribution < -0.4 is 10.6 Å². The first-order chi connectivity index (χ1) is 13.5. The Labute approximate surface area is 171 Å². The number of ketones is 1. The van der Waals surface area contributed by atoms with Crippen molar-refractivity contribution >= 4 is 29.4 Å². The highest BCUT2D eigenvalue weighted by Crippen LogP contribution is 2.13. The molecule has 2 N–H and O–H groups in total. The Morgan fingerprint density at radius 1 is 1.03 bits per heavy atom. The number of amides is 2. The summed E-state index contributed by atoms with van der Waals surface area (Å²) < 4.78 is 10.2. The molecule has 8 heteroatoms. The van der Waals surface area contributed by atoms with Crippen molar-refractivity contribution in [2.45, 2.75) is 65.6 Å². The van der Waals surface area contributed by atoms with E-state index >= 15 is 0 Å². The van der Waals surface area contributed by atoms with Gasteiger partial charge in [-0.2, -0.15) is 0 Å². The van der Waals surface area contributed by atoms with Crippen LogP contribution >= 0.6 is 0 Å². The zero-order chi connectivity index (χ0) is 22.0. The number of carbonyl (C=O) groups is 4. The fraction of sp³-hybridized carbons (Fsp3) is 0.524. The number of Topliss-reactive ketones (excluding diaryl/α,β-unsaturated/α-hetero) is 1. The number of hydrogen-bond acceptors (Lipinski definition) is 6. The molecule has 1 aromatic rings. The second-order valence-corrected chi connectivity index (χ2v) is 7.55. The monoisotopic (exact) mass is 406 g/mol. The van der Waals surface area contributed by atoms with Crippen molar-refractivity contribution in [1.29, 1.82) is 0 Å². The van der Waals surface area contributed by atoms with Crippen LogP contribution in [0.15, 0.2) is 24.3 Å². The zero-order valence-corrected chi connectivity index (χ0v) is 17.7. The van der Waals surface area contributed by atoms with Crippen LogP contribution in [0.25, 0.3) is 0 Å². The van der Waals surface area contributed by atoms with Crippen molar-refractivity contribution in [3.8, 4) is 0 Å². The molecule has 0 aromatic heterocycles. The number of hydrogen-bond donors (Lipinski definition) is 2. The number of nitrogens with one attached hydrogen (secondary N) is 2. The second kappa shape index (κ2) is 11.2. The number of esters is 1. The predicted octanol–water partition coefficient (Wildman–Crippen LogP) is 3.45. The molecule has 0 bridgehead atoms. The second-order valence-electron chi connectivity index (χ2n) is 7.55. The standard InChI is InChI=1S/C21H30N2O6/c1-6-7-17(24)23-16-10-8-15(9-11-16)19(26)14(2)28-18(25)12-13-22-20(27)29-21(3,4)5/h8-11,14H,6-7,12-13H2,1-5H3,(H,22,27)(H,23,24)/t14-/m0/s1. The van der Waals surface area contributed by atoms with Gasteiger partial charge in [0.2, 0.25) is 11.7 Å². The quantitative estimate of drug-likeness (QED) is 0.480. The van der Waals surface area contributed by atoms with E-state index < -0.39 is 23.8 Å². The Morgan fingerprint density at radius 2 is 1.66 bits per heavy atom. The normalized spacial score (nSPS) is 11.9. The van der Waals surface area contributed by atoms with Crippen LogP contribution in [0.3, 0.4) is 0 Å². The maximum Gasteiger partial charge on any atom is 0.407 e. The maximum atomic E-state index is 12.4. The zero-order valence-electron chi connectivity index (χ0n) is 17.7. The average molecular weight is 406 g/mol. The van der Waals surface area contributed by atoms with Crippen molar-refractivity contribution in [2.75, 3.05) is 11.9 Å². The summed E-state index contributed by atoms with van der Waals surface area (Å²) in [5.41, 5.74) is 0.336. The van der Waals surface area contributed by atoms with Crippen LogP contribution in [0.5, 0.6) is 0 Å². The molecule has 0 saturated carbocycles. The Balaban J connectivity index is 2.45. The van der Waals surface area contributed by atoms with Gasteiger partial charge in [-0.15, -0.1) is 0 Å². The number of ether oxygens (including phenoxy) is 2. The highest BCUT2D eigenvalue weighted by molar-refractivity contribution is 6.00. The highest BCUT2D eigenvalue weighted by Gasteiger charge is 2.20. The van der Waals surface area contributed by atoms with Gasteiger partial charge in [0.05, 0.1) is 6.42 Å². The number of benzene rings is 1.